The third-order valence-electron chi connectivity index (χ3n) is 3.55. The van der Waals surface area contributed by atoms with Crippen LogP contribution in [-0.2, 0) is 19.1 Å². The van der Waals surface area contributed by atoms with Gasteiger partial charge < -0.3 is 9.47 Å². The largest absolute Gasteiger partial charge is 0.493 e. The number of carbonyl (C=O) groups is 2. The fraction of sp³-hybridized carbons (Fsp3) is 0.571. The minimum absolute atomic E-state index is 0.0903. The van der Waals surface area contributed by atoms with Crippen molar-refractivity contribution in [2.45, 2.75) is 45.5 Å². The zero-order valence-corrected chi connectivity index (χ0v) is 13.1. The topological polar surface area (TPSA) is 52.6 Å². The van der Waals surface area contributed by atoms with Crippen molar-refractivity contribution in [3.8, 4) is 0 Å². The highest BCUT2D eigenvalue weighted by Gasteiger charge is 2.61. The predicted octanol–water partition coefficient (Wildman–Crippen LogP) is 2.37. The summed E-state index contributed by atoms with van der Waals surface area (Å²) in [5.74, 6) is -0.0570. The lowest BCUT2D eigenvalue weighted by Crippen LogP contribution is -2.59. The molecule has 2 aliphatic rings. The van der Waals surface area contributed by atoms with Gasteiger partial charge in [-0.15, -0.1) is 0 Å². The second kappa shape index (κ2) is 4.33. The van der Waals surface area contributed by atoms with E-state index in [4.69, 9.17) is 9.47 Å². The zero-order chi connectivity index (χ0) is 14.4. The van der Waals surface area contributed by atoms with Crippen LogP contribution in [0.25, 0.3) is 0 Å². The lowest BCUT2D eigenvalue weighted by molar-refractivity contribution is -0.162. The summed E-state index contributed by atoms with van der Waals surface area (Å²) in [6, 6.07) is 0. The maximum Gasteiger partial charge on any atom is 0.304 e. The van der Waals surface area contributed by atoms with Crippen molar-refractivity contribution >= 4 is 19.8 Å². The van der Waals surface area contributed by atoms with Crippen molar-refractivity contribution in [2.75, 3.05) is 6.61 Å². The Labute approximate surface area is 114 Å². The molecular formula is C14H20O4Si. The molecule has 104 valence electrons. The number of ketones is 1. The third-order valence-corrected chi connectivity index (χ3v) is 5.65. The van der Waals surface area contributed by atoms with Crippen LogP contribution in [0.5, 0.6) is 0 Å². The van der Waals surface area contributed by atoms with Gasteiger partial charge in [0.05, 0.1) is 14.7 Å². The number of ether oxygens (including phenoxy) is 2. The molecule has 1 heterocycles. The fourth-order valence-electron chi connectivity index (χ4n) is 2.88. The van der Waals surface area contributed by atoms with Crippen molar-refractivity contribution in [1.82, 2.24) is 0 Å². The summed E-state index contributed by atoms with van der Waals surface area (Å²) in [6.45, 7) is 10.1. The SMILES string of the molecule is CC(=O)OC1(C2=CCCO2)C(=O)C([Si](C)(C)C)=C1C. The Bertz CT molecular complexity index is 510. The van der Waals surface area contributed by atoms with Gasteiger partial charge in [0.1, 0.15) is 5.76 Å². The standard InChI is InChI=1S/C14H20O4Si/c1-9-12(19(3,4)5)13(16)14(9,18-10(2)15)11-7-6-8-17-11/h7H,6,8H2,1-5H3. The van der Waals surface area contributed by atoms with Gasteiger partial charge in [-0.3, -0.25) is 9.59 Å². The van der Waals surface area contributed by atoms with E-state index in [1.165, 1.54) is 6.92 Å². The van der Waals surface area contributed by atoms with Crippen LogP contribution in [0, 0.1) is 0 Å². The quantitative estimate of drug-likeness (QED) is 0.588. The minimum Gasteiger partial charge on any atom is -0.493 e. The van der Waals surface area contributed by atoms with Crippen LogP contribution in [0.2, 0.25) is 19.6 Å². The summed E-state index contributed by atoms with van der Waals surface area (Å²) < 4.78 is 10.9. The molecule has 0 radical (unpaired) electrons. The molecule has 4 nitrogen and oxygen atoms in total. The van der Waals surface area contributed by atoms with Crippen LogP contribution in [0.4, 0.5) is 0 Å². The number of carbonyl (C=O) groups excluding carboxylic acids is 2. The normalized spacial score (nSPS) is 26.8. The Morgan fingerprint density at radius 1 is 1.42 bits per heavy atom. The monoisotopic (exact) mass is 280 g/mol. The van der Waals surface area contributed by atoms with E-state index < -0.39 is 19.6 Å². The molecule has 0 bridgehead atoms. The van der Waals surface area contributed by atoms with Gasteiger partial charge in [0.25, 0.3) is 5.60 Å². The highest BCUT2D eigenvalue weighted by atomic mass is 28.3. The van der Waals surface area contributed by atoms with Crippen LogP contribution in [0.1, 0.15) is 20.3 Å². The van der Waals surface area contributed by atoms with Gasteiger partial charge in [-0.05, 0) is 23.8 Å². The van der Waals surface area contributed by atoms with Crippen molar-refractivity contribution in [3.05, 3.63) is 22.6 Å². The number of hydrogen-bond acceptors (Lipinski definition) is 4. The van der Waals surface area contributed by atoms with Gasteiger partial charge in [-0.2, -0.15) is 0 Å². The zero-order valence-electron chi connectivity index (χ0n) is 12.1. The van der Waals surface area contributed by atoms with E-state index in [0.29, 0.717) is 12.4 Å². The first kappa shape index (κ1) is 14.1. The summed E-state index contributed by atoms with van der Waals surface area (Å²) in [5, 5.41) is 0.866. The summed E-state index contributed by atoms with van der Waals surface area (Å²) >= 11 is 0. The molecule has 0 spiro atoms. The third kappa shape index (κ3) is 1.96. The molecule has 0 fully saturated rings. The maximum absolute atomic E-state index is 12.6. The first-order valence-corrected chi connectivity index (χ1v) is 10.0. The molecule has 1 unspecified atom stereocenters. The molecule has 2 rings (SSSR count). The number of esters is 1. The smallest absolute Gasteiger partial charge is 0.304 e. The summed E-state index contributed by atoms with van der Waals surface area (Å²) in [5.41, 5.74) is -0.419. The molecule has 1 atom stereocenters. The molecule has 19 heavy (non-hydrogen) atoms. The molecule has 0 aromatic rings. The maximum atomic E-state index is 12.6. The number of Topliss-reactive ketones (excluding diaryl/α,β-unsaturated/α-hetero) is 1. The minimum atomic E-state index is -1.73. The number of rotatable bonds is 3. The van der Waals surface area contributed by atoms with E-state index in [-0.39, 0.29) is 5.78 Å². The van der Waals surface area contributed by atoms with E-state index >= 15 is 0 Å². The van der Waals surface area contributed by atoms with E-state index in [1.807, 2.05) is 13.0 Å². The summed E-state index contributed by atoms with van der Waals surface area (Å²) in [4.78, 5) is 24.0. The first-order valence-electron chi connectivity index (χ1n) is 6.51. The molecule has 1 aliphatic heterocycles. The lowest BCUT2D eigenvalue weighted by Gasteiger charge is -2.45. The number of hydrogen-bond donors (Lipinski definition) is 0. The van der Waals surface area contributed by atoms with Crippen molar-refractivity contribution in [2.24, 2.45) is 0 Å². The Balaban J connectivity index is 2.51. The van der Waals surface area contributed by atoms with Gasteiger partial charge in [0, 0.05) is 13.3 Å². The molecule has 0 amide bonds. The first-order chi connectivity index (χ1) is 8.71. The van der Waals surface area contributed by atoms with Crippen molar-refractivity contribution in [1.29, 1.82) is 0 Å². The summed E-state index contributed by atoms with van der Waals surface area (Å²) in [7, 11) is -1.73. The highest BCUT2D eigenvalue weighted by molar-refractivity contribution is 6.88. The molecule has 1 aliphatic carbocycles. The fourth-order valence-corrected chi connectivity index (χ4v) is 5.04. The Morgan fingerprint density at radius 2 is 2.05 bits per heavy atom. The molecule has 0 saturated carbocycles. The Hall–Kier alpha value is -1.36. The Morgan fingerprint density at radius 3 is 2.42 bits per heavy atom. The van der Waals surface area contributed by atoms with Crippen molar-refractivity contribution < 1.29 is 19.1 Å². The van der Waals surface area contributed by atoms with Crippen LogP contribution >= 0.6 is 0 Å². The van der Waals surface area contributed by atoms with Gasteiger partial charge in [-0.25, -0.2) is 0 Å². The lowest BCUT2D eigenvalue weighted by atomic mass is 9.76. The summed E-state index contributed by atoms with van der Waals surface area (Å²) in [6.07, 6.45) is 2.60. The highest BCUT2D eigenvalue weighted by Crippen LogP contribution is 2.48. The van der Waals surface area contributed by atoms with Crippen LogP contribution < -0.4 is 0 Å². The second-order valence-corrected chi connectivity index (χ2v) is 11.1. The van der Waals surface area contributed by atoms with Gasteiger partial charge in [0.2, 0.25) is 5.78 Å². The molecule has 0 aromatic carbocycles. The molecule has 0 saturated heterocycles. The van der Waals surface area contributed by atoms with Crippen molar-refractivity contribution in [3.63, 3.8) is 0 Å². The molecule has 5 heteroatoms. The average Bonchev–Trinajstić information content (AvgIpc) is 2.77. The van der Waals surface area contributed by atoms with E-state index in [0.717, 1.165) is 17.2 Å². The van der Waals surface area contributed by atoms with Crippen LogP contribution in [0.15, 0.2) is 22.6 Å². The molecule has 0 aromatic heterocycles. The Kier molecular flexibility index (Phi) is 3.21. The van der Waals surface area contributed by atoms with E-state index in [1.54, 1.807) is 0 Å². The van der Waals surface area contributed by atoms with E-state index in [2.05, 4.69) is 19.6 Å². The van der Waals surface area contributed by atoms with Crippen LogP contribution in [-0.4, -0.2) is 32.0 Å². The second-order valence-electron chi connectivity index (χ2n) is 6.06. The van der Waals surface area contributed by atoms with E-state index in [9.17, 15) is 9.59 Å². The van der Waals surface area contributed by atoms with Gasteiger partial charge in [-0.1, -0.05) is 19.6 Å². The average molecular weight is 280 g/mol. The molecule has 0 N–H and O–H groups in total. The van der Waals surface area contributed by atoms with Gasteiger partial charge >= 0.3 is 5.97 Å². The van der Waals surface area contributed by atoms with Gasteiger partial charge in [0.15, 0.2) is 0 Å². The molecular weight excluding hydrogens is 260 g/mol. The predicted molar refractivity (Wildman–Crippen MR) is 74.2 cm³/mol. The van der Waals surface area contributed by atoms with Crippen LogP contribution in [0.3, 0.4) is 0 Å².